The lowest BCUT2D eigenvalue weighted by atomic mass is 10.0. The summed E-state index contributed by atoms with van der Waals surface area (Å²) in [6, 6.07) is 20.7. The van der Waals surface area contributed by atoms with Crippen LogP contribution in [0.5, 0.6) is 0 Å². The van der Waals surface area contributed by atoms with E-state index >= 15 is 0 Å². The molecule has 0 radical (unpaired) electrons. The highest BCUT2D eigenvalue weighted by atomic mass is 15.0. The van der Waals surface area contributed by atoms with Crippen molar-refractivity contribution in [1.29, 1.82) is 10.9 Å². The fraction of sp³-hybridized carbons (Fsp3) is 0.174. The summed E-state index contributed by atoms with van der Waals surface area (Å²) in [5, 5.41) is 13.2. The summed E-state index contributed by atoms with van der Waals surface area (Å²) < 4.78 is 0. The van der Waals surface area contributed by atoms with Gasteiger partial charge in [-0.1, -0.05) is 73.7 Å². The first-order chi connectivity index (χ1) is 12.6. The van der Waals surface area contributed by atoms with Crippen molar-refractivity contribution in [1.82, 2.24) is 0 Å². The molecule has 0 atom stereocenters. The number of hydrogen-bond acceptors (Lipinski definition) is 2. The van der Waals surface area contributed by atoms with Crippen LogP contribution in [0.1, 0.15) is 36.1 Å². The lowest BCUT2D eigenvalue weighted by Crippen LogP contribution is -1.94. The van der Waals surface area contributed by atoms with Crippen LogP contribution in [-0.2, 0) is 6.42 Å². The quantitative estimate of drug-likeness (QED) is 0.299. The predicted molar refractivity (Wildman–Crippen MR) is 111 cm³/mol. The first kappa shape index (κ1) is 19.3. The molecule has 0 heterocycles. The maximum absolute atomic E-state index is 7.40. The van der Waals surface area contributed by atoms with Gasteiger partial charge in [-0.05, 0) is 53.8 Å². The average Bonchev–Trinajstić information content (AvgIpc) is 2.69. The lowest BCUT2D eigenvalue weighted by molar-refractivity contribution is 1.15. The average molecular weight is 343 g/mol. The SMILES string of the molecule is C/C=C\c1cc(C(=N)N=N)ccc1C.CCc1ccc2ccccc2c1. The fourth-order valence-electron chi connectivity index (χ4n) is 2.67. The molecule has 0 bridgehead atoms. The third-order valence-corrected chi connectivity index (χ3v) is 4.23. The minimum absolute atomic E-state index is 0.00393. The van der Waals surface area contributed by atoms with Gasteiger partial charge in [0.05, 0.1) is 0 Å². The van der Waals surface area contributed by atoms with Crippen molar-refractivity contribution >= 4 is 22.7 Å². The van der Waals surface area contributed by atoms with E-state index in [-0.39, 0.29) is 5.84 Å². The molecule has 0 amide bonds. The van der Waals surface area contributed by atoms with Gasteiger partial charge in [0.25, 0.3) is 0 Å². The molecule has 0 saturated heterocycles. The number of nitrogens with one attached hydrogen (secondary N) is 2. The number of nitrogens with zero attached hydrogens (tertiary/aromatic N) is 1. The van der Waals surface area contributed by atoms with E-state index in [0.29, 0.717) is 5.56 Å². The summed E-state index contributed by atoms with van der Waals surface area (Å²) in [5.74, 6) is -0.00393. The molecule has 0 aromatic heterocycles. The maximum Gasteiger partial charge on any atom is 0.173 e. The second kappa shape index (κ2) is 9.42. The highest BCUT2D eigenvalue weighted by Crippen LogP contribution is 2.15. The zero-order valence-corrected chi connectivity index (χ0v) is 15.6. The first-order valence-corrected chi connectivity index (χ1v) is 8.76. The van der Waals surface area contributed by atoms with Crippen molar-refractivity contribution in [3.05, 3.63) is 89.0 Å². The van der Waals surface area contributed by atoms with Crippen molar-refractivity contribution < 1.29 is 0 Å². The lowest BCUT2D eigenvalue weighted by Gasteiger charge is -2.03. The summed E-state index contributed by atoms with van der Waals surface area (Å²) >= 11 is 0. The van der Waals surface area contributed by atoms with Gasteiger partial charge in [-0.2, -0.15) is 0 Å². The van der Waals surface area contributed by atoms with E-state index in [1.54, 1.807) is 0 Å². The summed E-state index contributed by atoms with van der Waals surface area (Å²) in [5.41, 5.74) is 11.1. The van der Waals surface area contributed by atoms with Crippen LogP contribution < -0.4 is 0 Å². The Bertz CT molecular complexity index is 939. The fourth-order valence-corrected chi connectivity index (χ4v) is 2.67. The molecule has 132 valence electrons. The van der Waals surface area contributed by atoms with Gasteiger partial charge in [0.1, 0.15) is 0 Å². The van der Waals surface area contributed by atoms with Crippen molar-refractivity contribution in [3.63, 3.8) is 0 Å². The Balaban J connectivity index is 0.000000189. The normalized spacial score (nSPS) is 10.4. The van der Waals surface area contributed by atoms with Crippen molar-refractivity contribution in [2.24, 2.45) is 5.11 Å². The molecular formula is C23H25N3. The molecule has 3 heteroatoms. The summed E-state index contributed by atoms with van der Waals surface area (Å²) in [7, 11) is 0. The highest BCUT2D eigenvalue weighted by molar-refractivity contribution is 5.97. The van der Waals surface area contributed by atoms with Crippen LogP contribution in [0.3, 0.4) is 0 Å². The van der Waals surface area contributed by atoms with Crippen LogP contribution in [0.2, 0.25) is 0 Å². The number of hydrogen-bond donors (Lipinski definition) is 2. The molecule has 0 aliphatic carbocycles. The van der Waals surface area contributed by atoms with E-state index in [9.17, 15) is 0 Å². The Morgan fingerprint density at radius 2 is 1.73 bits per heavy atom. The van der Waals surface area contributed by atoms with Gasteiger partial charge in [0, 0.05) is 5.56 Å². The Morgan fingerprint density at radius 1 is 1.00 bits per heavy atom. The number of fused-ring (bicyclic) bond motifs is 1. The maximum atomic E-state index is 7.40. The minimum Gasteiger partial charge on any atom is -0.281 e. The molecular weight excluding hydrogens is 318 g/mol. The van der Waals surface area contributed by atoms with Gasteiger partial charge in [0.2, 0.25) is 0 Å². The first-order valence-electron chi connectivity index (χ1n) is 8.76. The zero-order chi connectivity index (χ0) is 18.9. The standard InChI is InChI=1S/C12H12.C11H13N3/c1-2-10-7-8-11-5-3-4-6-12(11)9-10;1-3-4-9-7-10(11(12)14-13)6-5-8(9)2/h3-9H,2H2,1H3;3-7,12-13H,1-2H3/b;4-3-,12-11?,14-13?. The third-order valence-electron chi connectivity index (χ3n) is 4.23. The second-order valence-electron chi connectivity index (χ2n) is 6.07. The van der Waals surface area contributed by atoms with Crippen molar-refractivity contribution in [2.45, 2.75) is 27.2 Å². The van der Waals surface area contributed by atoms with E-state index < -0.39 is 0 Å². The van der Waals surface area contributed by atoms with Crippen molar-refractivity contribution in [2.75, 3.05) is 0 Å². The van der Waals surface area contributed by atoms with Crippen LogP contribution in [-0.4, -0.2) is 5.84 Å². The largest absolute Gasteiger partial charge is 0.281 e. The Hall–Kier alpha value is -3.07. The van der Waals surface area contributed by atoms with E-state index in [2.05, 4.69) is 54.5 Å². The molecule has 0 unspecified atom stereocenters. The topological polar surface area (TPSA) is 60.1 Å². The molecule has 0 aliphatic rings. The van der Waals surface area contributed by atoms with E-state index in [1.807, 2.05) is 44.2 Å². The summed E-state index contributed by atoms with van der Waals surface area (Å²) in [6.45, 7) is 6.15. The molecule has 3 aromatic rings. The number of benzene rings is 3. The molecule has 3 rings (SSSR count). The Labute approximate surface area is 155 Å². The van der Waals surface area contributed by atoms with Crippen LogP contribution in [0.4, 0.5) is 0 Å². The van der Waals surface area contributed by atoms with Crippen LogP contribution >= 0.6 is 0 Å². The van der Waals surface area contributed by atoms with Gasteiger partial charge in [0.15, 0.2) is 5.84 Å². The van der Waals surface area contributed by atoms with Gasteiger partial charge < -0.3 is 0 Å². The number of aryl methyl sites for hydroxylation is 2. The van der Waals surface area contributed by atoms with E-state index in [0.717, 1.165) is 17.5 Å². The molecule has 0 spiro atoms. The molecule has 3 aromatic carbocycles. The number of rotatable bonds is 3. The molecule has 3 nitrogen and oxygen atoms in total. The third kappa shape index (κ3) is 4.96. The van der Waals surface area contributed by atoms with E-state index in [4.69, 9.17) is 10.9 Å². The van der Waals surface area contributed by atoms with Gasteiger partial charge >= 0.3 is 0 Å². The monoisotopic (exact) mass is 343 g/mol. The number of allylic oxidation sites excluding steroid dienone is 1. The predicted octanol–water partition coefficient (Wildman–Crippen LogP) is 6.79. The van der Waals surface area contributed by atoms with Crippen molar-refractivity contribution in [3.8, 4) is 0 Å². The van der Waals surface area contributed by atoms with Gasteiger partial charge in [-0.25, -0.2) is 5.53 Å². The molecule has 0 fully saturated rings. The number of amidine groups is 1. The van der Waals surface area contributed by atoms with Crippen LogP contribution in [0.15, 0.2) is 71.9 Å². The zero-order valence-electron chi connectivity index (χ0n) is 15.6. The Kier molecular flexibility index (Phi) is 6.98. The van der Waals surface area contributed by atoms with Crippen LogP contribution in [0.25, 0.3) is 16.8 Å². The molecule has 0 saturated carbocycles. The molecule has 26 heavy (non-hydrogen) atoms. The summed E-state index contributed by atoms with van der Waals surface area (Å²) in [6.07, 6.45) is 5.05. The molecule has 2 N–H and O–H groups in total. The Morgan fingerprint density at radius 3 is 2.38 bits per heavy atom. The smallest absolute Gasteiger partial charge is 0.173 e. The summed E-state index contributed by atoms with van der Waals surface area (Å²) in [4.78, 5) is 0. The van der Waals surface area contributed by atoms with Gasteiger partial charge in [-0.3, -0.25) is 5.41 Å². The van der Waals surface area contributed by atoms with Gasteiger partial charge in [-0.15, -0.1) is 5.11 Å². The van der Waals surface area contributed by atoms with Crippen LogP contribution in [0, 0.1) is 17.9 Å². The van der Waals surface area contributed by atoms with E-state index in [1.165, 1.54) is 16.3 Å². The highest BCUT2D eigenvalue weighted by Gasteiger charge is 2.01. The minimum atomic E-state index is -0.00393. The second-order valence-corrected chi connectivity index (χ2v) is 6.07. The molecule has 0 aliphatic heterocycles.